The molecule has 0 unspecified atom stereocenters. The van der Waals surface area contributed by atoms with Crippen molar-refractivity contribution in [3.8, 4) is 22.7 Å². The molecule has 2 aromatic heterocycles. The molecule has 1 fully saturated rings. The van der Waals surface area contributed by atoms with Gasteiger partial charge in [-0.25, -0.2) is 19.0 Å². The molecule has 3 aromatic rings. The first kappa shape index (κ1) is 20.5. The second kappa shape index (κ2) is 9.34. The Bertz CT molecular complexity index is 973. The molecule has 2 heterocycles. The highest BCUT2D eigenvalue weighted by Crippen LogP contribution is 2.34. The molecule has 2 atom stereocenters. The van der Waals surface area contributed by atoms with E-state index in [0.29, 0.717) is 29.7 Å². The van der Waals surface area contributed by atoms with Crippen LogP contribution in [0.5, 0.6) is 5.75 Å². The minimum atomic E-state index is -0.324. The van der Waals surface area contributed by atoms with Gasteiger partial charge in [0, 0.05) is 18.3 Å². The number of ether oxygens (including phenoxy) is 1. The first-order valence-corrected chi connectivity index (χ1v) is 10.5. The van der Waals surface area contributed by atoms with Crippen LogP contribution in [0.4, 0.5) is 4.39 Å². The fourth-order valence-corrected chi connectivity index (χ4v) is 4.31. The number of para-hydroxylation sites is 1. The predicted molar refractivity (Wildman–Crippen MR) is 114 cm³/mol. The minimum Gasteiger partial charge on any atom is -0.490 e. The van der Waals surface area contributed by atoms with Gasteiger partial charge in [-0.2, -0.15) is 5.10 Å². The first-order valence-electron chi connectivity index (χ1n) is 10.5. The quantitative estimate of drug-likeness (QED) is 0.558. The highest BCUT2D eigenvalue weighted by Gasteiger charge is 2.25. The van der Waals surface area contributed by atoms with Crippen LogP contribution in [0.25, 0.3) is 16.9 Å². The molecule has 1 aliphatic carbocycles. The van der Waals surface area contributed by atoms with Crippen molar-refractivity contribution in [2.75, 3.05) is 27.2 Å². The van der Waals surface area contributed by atoms with Crippen LogP contribution in [0.15, 0.2) is 49.2 Å². The molecule has 1 saturated carbocycles. The lowest BCUT2D eigenvalue weighted by atomic mass is 10.0. The molecular weight excluding hydrogens is 381 g/mol. The van der Waals surface area contributed by atoms with Gasteiger partial charge in [0.1, 0.15) is 23.5 Å². The first-order chi connectivity index (χ1) is 14.6. The second-order valence-corrected chi connectivity index (χ2v) is 8.31. The zero-order valence-corrected chi connectivity index (χ0v) is 17.5. The molecule has 0 radical (unpaired) electrons. The van der Waals surface area contributed by atoms with Gasteiger partial charge in [-0.05, 0) is 63.7 Å². The summed E-state index contributed by atoms with van der Waals surface area (Å²) >= 11 is 0. The molecule has 0 amide bonds. The Kier molecular flexibility index (Phi) is 6.38. The Morgan fingerprint density at radius 3 is 2.83 bits per heavy atom. The molecule has 0 saturated heterocycles. The highest BCUT2D eigenvalue weighted by atomic mass is 19.1. The molecule has 1 aliphatic rings. The van der Waals surface area contributed by atoms with Crippen LogP contribution in [-0.4, -0.2) is 51.9 Å². The third-order valence-corrected chi connectivity index (χ3v) is 5.69. The Morgan fingerprint density at radius 1 is 1.17 bits per heavy atom. The van der Waals surface area contributed by atoms with Gasteiger partial charge in [0.15, 0.2) is 5.75 Å². The topological polar surface area (TPSA) is 56.1 Å². The van der Waals surface area contributed by atoms with E-state index in [-0.39, 0.29) is 5.82 Å². The zero-order valence-electron chi connectivity index (χ0n) is 17.5. The van der Waals surface area contributed by atoms with Gasteiger partial charge in [-0.3, -0.25) is 0 Å². The summed E-state index contributed by atoms with van der Waals surface area (Å²) in [4.78, 5) is 10.8. The summed E-state index contributed by atoms with van der Waals surface area (Å²) < 4.78 is 21.6. The summed E-state index contributed by atoms with van der Waals surface area (Å²) in [5.74, 6) is 1.82. The van der Waals surface area contributed by atoms with Crippen LogP contribution in [0, 0.1) is 17.7 Å². The summed E-state index contributed by atoms with van der Waals surface area (Å²) in [6.45, 7) is 1.81. The number of nitrogens with zero attached hydrogens (tertiary/aromatic N) is 5. The maximum Gasteiger partial charge on any atom is 0.163 e. The number of aromatic nitrogens is 4. The van der Waals surface area contributed by atoms with Crippen molar-refractivity contribution >= 4 is 0 Å². The lowest BCUT2D eigenvalue weighted by molar-refractivity contribution is 0.270. The molecule has 0 bridgehead atoms. The maximum absolute atomic E-state index is 14.1. The lowest BCUT2D eigenvalue weighted by Gasteiger charge is -2.16. The van der Waals surface area contributed by atoms with Crippen molar-refractivity contribution in [1.29, 1.82) is 0 Å². The molecule has 158 valence electrons. The number of hydrogen-bond donors (Lipinski definition) is 0. The smallest absolute Gasteiger partial charge is 0.163 e. The fraction of sp³-hybridized carbons (Fsp3) is 0.435. The van der Waals surface area contributed by atoms with Crippen LogP contribution in [0.3, 0.4) is 0 Å². The summed E-state index contributed by atoms with van der Waals surface area (Å²) in [5.41, 5.74) is 1.83. The maximum atomic E-state index is 14.1. The second-order valence-electron chi connectivity index (χ2n) is 8.31. The van der Waals surface area contributed by atoms with Crippen LogP contribution >= 0.6 is 0 Å². The van der Waals surface area contributed by atoms with E-state index >= 15 is 0 Å². The zero-order chi connectivity index (χ0) is 20.9. The van der Waals surface area contributed by atoms with Gasteiger partial charge in [-0.1, -0.05) is 12.1 Å². The van der Waals surface area contributed by atoms with E-state index in [1.54, 1.807) is 36.8 Å². The van der Waals surface area contributed by atoms with Gasteiger partial charge < -0.3 is 9.64 Å². The third kappa shape index (κ3) is 4.84. The summed E-state index contributed by atoms with van der Waals surface area (Å²) in [5, 5.41) is 4.30. The van der Waals surface area contributed by atoms with Crippen LogP contribution in [0.1, 0.15) is 25.7 Å². The number of benzene rings is 1. The lowest BCUT2D eigenvalue weighted by Crippen LogP contribution is -2.20. The number of rotatable bonds is 8. The fourth-order valence-electron chi connectivity index (χ4n) is 4.31. The van der Waals surface area contributed by atoms with E-state index in [9.17, 15) is 4.39 Å². The van der Waals surface area contributed by atoms with Crippen molar-refractivity contribution in [1.82, 2.24) is 24.6 Å². The Morgan fingerprint density at radius 2 is 2.00 bits per heavy atom. The van der Waals surface area contributed by atoms with Crippen molar-refractivity contribution in [2.24, 2.45) is 11.8 Å². The molecule has 4 rings (SSSR count). The third-order valence-electron chi connectivity index (χ3n) is 5.69. The standard InChI is InChI=1S/C23H28FN5O/c1-28(2)14-18-8-7-17(11-18)9-10-30-22-13-25-16-26-23(22)19-12-27-29(15-19)21-6-4-3-5-20(21)24/h3-6,12-13,15-18H,7-11,14H2,1-2H3/t17-,18-/m1/s1. The Hall–Kier alpha value is -2.80. The molecule has 0 spiro atoms. The van der Waals surface area contributed by atoms with Gasteiger partial charge in [-0.15, -0.1) is 0 Å². The van der Waals surface area contributed by atoms with Crippen molar-refractivity contribution in [2.45, 2.75) is 25.7 Å². The molecule has 7 heteroatoms. The Balaban J connectivity index is 1.40. The number of hydrogen-bond acceptors (Lipinski definition) is 5. The summed E-state index contributed by atoms with van der Waals surface area (Å²) in [6.07, 6.45) is 11.5. The van der Waals surface area contributed by atoms with Gasteiger partial charge in [0.2, 0.25) is 0 Å². The highest BCUT2D eigenvalue weighted by molar-refractivity contribution is 5.64. The summed E-state index contributed by atoms with van der Waals surface area (Å²) in [7, 11) is 4.28. The molecule has 0 N–H and O–H groups in total. The normalized spacial score (nSPS) is 18.8. The predicted octanol–water partition coefficient (Wildman–Crippen LogP) is 4.22. The van der Waals surface area contributed by atoms with Crippen molar-refractivity contribution in [3.63, 3.8) is 0 Å². The van der Waals surface area contributed by atoms with Crippen LogP contribution in [0.2, 0.25) is 0 Å². The molecule has 0 aliphatic heterocycles. The summed E-state index contributed by atoms with van der Waals surface area (Å²) in [6, 6.07) is 6.55. The minimum absolute atomic E-state index is 0.324. The molecule has 30 heavy (non-hydrogen) atoms. The largest absolute Gasteiger partial charge is 0.490 e. The van der Waals surface area contributed by atoms with Gasteiger partial charge in [0.25, 0.3) is 0 Å². The molecule has 1 aromatic carbocycles. The van der Waals surface area contributed by atoms with E-state index in [4.69, 9.17) is 4.74 Å². The SMILES string of the molecule is CN(C)C[C@@H]1CC[C@H](CCOc2cncnc2-c2cnn(-c3ccccc3F)c2)C1. The average Bonchev–Trinajstić information content (AvgIpc) is 3.38. The van der Waals surface area contributed by atoms with Crippen molar-refractivity contribution in [3.05, 3.63) is 55.0 Å². The van der Waals surface area contributed by atoms with Crippen LogP contribution < -0.4 is 4.74 Å². The van der Waals surface area contributed by atoms with Crippen molar-refractivity contribution < 1.29 is 9.13 Å². The van der Waals surface area contributed by atoms with Gasteiger partial charge in [0.05, 0.1) is 19.0 Å². The van der Waals surface area contributed by atoms with E-state index in [0.717, 1.165) is 17.9 Å². The molecule has 6 nitrogen and oxygen atoms in total. The number of halogens is 1. The van der Waals surface area contributed by atoms with E-state index in [1.807, 2.05) is 0 Å². The van der Waals surface area contributed by atoms with Gasteiger partial charge >= 0.3 is 0 Å². The average molecular weight is 410 g/mol. The Labute approximate surface area is 176 Å². The van der Waals surface area contributed by atoms with E-state index < -0.39 is 0 Å². The monoisotopic (exact) mass is 409 g/mol. The van der Waals surface area contributed by atoms with Crippen LogP contribution in [-0.2, 0) is 0 Å². The van der Waals surface area contributed by atoms with E-state index in [1.165, 1.54) is 42.9 Å². The van der Waals surface area contributed by atoms with E-state index in [2.05, 4.69) is 34.1 Å². The molecular formula is C23H28FN5O.